The van der Waals surface area contributed by atoms with E-state index in [0.29, 0.717) is 5.82 Å². The molecule has 2 heterocycles. The quantitative estimate of drug-likeness (QED) is 0.681. The van der Waals surface area contributed by atoms with Gasteiger partial charge < -0.3 is 4.98 Å². The minimum atomic E-state index is 0.679. The highest BCUT2D eigenvalue weighted by Gasteiger charge is 2.00. The number of nitrogens with one attached hydrogen (secondary N) is 1. The number of hydrogen-bond donors (Lipinski definition) is 1. The predicted molar refractivity (Wildman–Crippen MR) is 44.4 cm³/mol. The SMILES string of the molecule is Cc1ncc(-c2ncccn2)[nH]1. The van der Waals surface area contributed by atoms with Gasteiger partial charge in [0.2, 0.25) is 0 Å². The molecule has 1 N–H and O–H groups in total. The van der Waals surface area contributed by atoms with E-state index < -0.39 is 0 Å². The number of aromatic nitrogens is 4. The van der Waals surface area contributed by atoms with Crippen molar-refractivity contribution in [2.24, 2.45) is 0 Å². The smallest absolute Gasteiger partial charge is 0.177 e. The molecule has 0 atom stereocenters. The summed E-state index contributed by atoms with van der Waals surface area (Å²) in [5, 5.41) is 0. The summed E-state index contributed by atoms with van der Waals surface area (Å²) in [7, 11) is 0. The van der Waals surface area contributed by atoms with Gasteiger partial charge in [-0.25, -0.2) is 15.0 Å². The van der Waals surface area contributed by atoms with Gasteiger partial charge in [0.15, 0.2) is 5.82 Å². The molecule has 0 amide bonds. The molecule has 0 bridgehead atoms. The van der Waals surface area contributed by atoms with E-state index in [1.54, 1.807) is 24.7 Å². The van der Waals surface area contributed by atoms with Gasteiger partial charge in [0.05, 0.1) is 6.20 Å². The maximum Gasteiger partial charge on any atom is 0.177 e. The van der Waals surface area contributed by atoms with E-state index in [0.717, 1.165) is 11.5 Å². The van der Waals surface area contributed by atoms with E-state index >= 15 is 0 Å². The van der Waals surface area contributed by atoms with Crippen LogP contribution in [0.1, 0.15) is 5.82 Å². The van der Waals surface area contributed by atoms with E-state index in [-0.39, 0.29) is 0 Å². The first-order valence-electron chi connectivity index (χ1n) is 3.65. The number of nitrogens with zero attached hydrogens (tertiary/aromatic N) is 3. The summed E-state index contributed by atoms with van der Waals surface area (Å²) in [5.41, 5.74) is 0.855. The summed E-state index contributed by atoms with van der Waals surface area (Å²) in [5.74, 6) is 1.55. The lowest BCUT2D eigenvalue weighted by Crippen LogP contribution is -1.86. The van der Waals surface area contributed by atoms with Gasteiger partial charge in [-0.2, -0.15) is 0 Å². The van der Waals surface area contributed by atoms with E-state index in [1.165, 1.54) is 0 Å². The number of aromatic amines is 1. The second-order valence-corrected chi connectivity index (χ2v) is 2.45. The normalized spacial score (nSPS) is 10.1. The van der Waals surface area contributed by atoms with Gasteiger partial charge in [-0.05, 0) is 13.0 Å². The lowest BCUT2D eigenvalue weighted by Gasteiger charge is -1.91. The average molecular weight is 160 g/mol. The summed E-state index contributed by atoms with van der Waals surface area (Å²) in [6.07, 6.45) is 5.14. The van der Waals surface area contributed by atoms with E-state index in [2.05, 4.69) is 19.9 Å². The first kappa shape index (κ1) is 6.97. The fraction of sp³-hybridized carbons (Fsp3) is 0.125. The number of imidazole rings is 1. The standard InChI is InChI=1S/C8H8N4/c1-6-11-5-7(12-6)8-9-3-2-4-10-8/h2-5H,1H3,(H,11,12). The average Bonchev–Trinajstić information content (AvgIpc) is 2.54. The number of rotatable bonds is 1. The van der Waals surface area contributed by atoms with Crippen LogP contribution >= 0.6 is 0 Å². The highest BCUT2D eigenvalue weighted by molar-refractivity contribution is 5.46. The van der Waals surface area contributed by atoms with Gasteiger partial charge in [-0.1, -0.05) is 0 Å². The molecule has 0 aliphatic carbocycles. The Labute approximate surface area is 69.7 Å². The van der Waals surface area contributed by atoms with Crippen LogP contribution in [0.2, 0.25) is 0 Å². The lowest BCUT2D eigenvalue weighted by molar-refractivity contribution is 1.12. The third kappa shape index (κ3) is 1.18. The molecule has 0 radical (unpaired) electrons. The highest BCUT2D eigenvalue weighted by Crippen LogP contribution is 2.08. The van der Waals surface area contributed by atoms with E-state index in [1.807, 2.05) is 6.92 Å². The predicted octanol–water partition coefficient (Wildman–Crippen LogP) is 1.18. The van der Waals surface area contributed by atoms with Crippen LogP contribution < -0.4 is 0 Å². The van der Waals surface area contributed by atoms with Crippen LogP contribution in [0.3, 0.4) is 0 Å². The van der Waals surface area contributed by atoms with Gasteiger partial charge >= 0.3 is 0 Å². The van der Waals surface area contributed by atoms with Gasteiger partial charge in [-0.15, -0.1) is 0 Å². The Morgan fingerprint density at radius 2 is 1.92 bits per heavy atom. The first-order valence-corrected chi connectivity index (χ1v) is 3.65. The molecule has 2 aromatic rings. The Balaban J connectivity index is 2.45. The fourth-order valence-electron chi connectivity index (χ4n) is 0.973. The summed E-state index contributed by atoms with van der Waals surface area (Å²) >= 11 is 0. The summed E-state index contributed by atoms with van der Waals surface area (Å²) in [6, 6.07) is 1.78. The van der Waals surface area contributed by atoms with Crippen LogP contribution in [0.25, 0.3) is 11.5 Å². The van der Waals surface area contributed by atoms with Crippen molar-refractivity contribution in [2.45, 2.75) is 6.92 Å². The minimum absolute atomic E-state index is 0.679. The highest BCUT2D eigenvalue weighted by atomic mass is 15.0. The molecule has 2 aromatic heterocycles. The summed E-state index contributed by atoms with van der Waals surface area (Å²) < 4.78 is 0. The van der Waals surface area contributed by atoms with Crippen LogP contribution in [0.5, 0.6) is 0 Å². The van der Waals surface area contributed by atoms with Crippen LogP contribution in [-0.4, -0.2) is 19.9 Å². The van der Waals surface area contributed by atoms with Crippen LogP contribution in [0.4, 0.5) is 0 Å². The third-order valence-corrected chi connectivity index (χ3v) is 1.51. The molecule has 4 nitrogen and oxygen atoms in total. The first-order chi connectivity index (χ1) is 5.86. The van der Waals surface area contributed by atoms with Crippen molar-refractivity contribution in [3.05, 3.63) is 30.5 Å². The maximum atomic E-state index is 4.08. The molecule has 0 aliphatic heterocycles. The topological polar surface area (TPSA) is 54.5 Å². The largest absolute Gasteiger partial charge is 0.340 e. The van der Waals surface area contributed by atoms with Crippen molar-refractivity contribution >= 4 is 0 Å². The Bertz CT molecular complexity index is 366. The lowest BCUT2D eigenvalue weighted by atomic mass is 10.4. The molecule has 4 heteroatoms. The Morgan fingerprint density at radius 1 is 1.17 bits per heavy atom. The maximum absolute atomic E-state index is 4.08. The molecular weight excluding hydrogens is 152 g/mol. The molecular formula is C8H8N4. The van der Waals surface area contributed by atoms with Crippen LogP contribution in [0.15, 0.2) is 24.7 Å². The second-order valence-electron chi connectivity index (χ2n) is 2.45. The van der Waals surface area contributed by atoms with Gasteiger partial charge in [-0.3, -0.25) is 0 Å². The zero-order valence-electron chi connectivity index (χ0n) is 6.65. The minimum Gasteiger partial charge on any atom is -0.340 e. The fourth-order valence-corrected chi connectivity index (χ4v) is 0.973. The number of hydrogen-bond acceptors (Lipinski definition) is 3. The second kappa shape index (κ2) is 2.73. The van der Waals surface area contributed by atoms with Crippen molar-refractivity contribution in [3.63, 3.8) is 0 Å². The summed E-state index contributed by atoms with van der Waals surface area (Å²) in [4.78, 5) is 15.3. The molecule has 60 valence electrons. The molecule has 0 spiro atoms. The molecule has 0 unspecified atom stereocenters. The molecule has 12 heavy (non-hydrogen) atoms. The van der Waals surface area contributed by atoms with Crippen LogP contribution in [0, 0.1) is 6.92 Å². The van der Waals surface area contributed by atoms with Crippen molar-refractivity contribution in [3.8, 4) is 11.5 Å². The van der Waals surface area contributed by atoms with E-state index in [9.17, 15) is 0 Å². The Kier molecular flexibility index (Phi) is 1.59. The van der Waals surface area contributed by atoms with Gasteiger partial charge in [0, 0.05) is 12.4 Å². The van der Waals surface area contributed by atoms with Crippen molar-refractivity contribution in [1.82, 2.24) is 19.9 Å². The van der Waals surface area contributed by atoms with Crippen molar-refractivity contribution < 1.29 is 0 Å². The van der Waals surface area contributed by atoms with Crippen molar-refractivity contribution in [1.29, 1.82) is 0 Å². The van der Waals surface area contributed by atoms with Gasteiger partial charge in [0.25, 0.3) is 0 Å². The van der Waals surface area contributed by atoms with Crippen molar-refractivity contribution in [2.75, 3.05) is 0 Å². The summed E-state index contributed by atoms with van der Waals surface area (Å²) in [6.45, 7) is 1.90. The molecule has 0 aliphatic rings. The molecule has 0 fully saturated rings. The van der Waals surface area contributed by atoms with E-state index in [4.69, 9.17) is 0 Å². The number of aryl methyl sites for hydroxylation is 1. The van der Waals surface area contributed by atoms with Crippen LogP contribution in [-0.2, 0) is 0 Å². The Hall–Kier alpha value is -1.71. The molecule has 2 rings (SSSR count). The molecule has 0 saturated carbocycles. The monoisotopic (exact) mass is 160 g/mol. The Morgan fingerprint density at radius 3 is 2.50 bits per heavy atom. The molecule has 0 aromatic carbocycles. The van der Waals surface area contributed by atoms with Gasteiger partial charge in [0.1, 0.15) is 11.5 Å². The zero-order valence-corrected chi connectivity index (χ0v) is 6.65. The molecule has 0 saturated heterocycles. The zero-order chi connectivity index (χ0) is 8.39. The third-order valence-electron chi connectivity index (χ3n) is 1.51. The number of H-pyrrole nitrogens is 1.